The Morgan fingerprint density at radius 2 is 2.31 bits per heavy atom. The molecule has 0 spiro atoms. The van der Waals surface area contributed by atoms with E-state index in [1.165, 1.54) is 0 Å². The molecule has 72 valence electrons. The highest BCUT2D eigenvalue weighted by Gasteiger charge is 2.32. The van der Waals surface area contributed by atoms with E-state index in [1.807, 2.05) is 0 Å². The third kappa shape index (κ3) is 1.94. The highest BCUT2D eigenvalue weighted by Crippen LogP contribution is 2.18. The van der Waals surface area contributed by atoms with Crippen LogP contribution in [0, 0.1) is 0 Å². The van der Waals surface area contributed by atoms with Gasteiger partial charge >= 0.3 is 0 Å². The minimum atomic E-state index is -0.343. The van der Waals surface area contributed by atoms with Crippen LogP contribution in [0.4, 0.5) is 0 Å². The minimum Gasteiger partial charge on any atom is -0.331 e. The normalized spacial score (nSPS) is 21.6. The molecule has 13 heavy (non-hydrogen) atoms. The van der Waals surface area contributed by atoms with Crippen LogP contribution >= 0.6 is 0 Å². The standard InChI is InChI=1S/C9H14N2O2/c1-3-8(12)11-6-4-5-7(11)9(13)10-2/h7H,2-6H2,1H3/t7-/m0/s1. The Bertz CT molecular complexity index is 238. The average Bonchev–Trinajstić information content (AvgIpc) is 2.63. The number of carbonyl (C=O) groups excluding carboxylic acids is 2. The molecule has 4 heteroatoms. The molecule has 1 atom stereocenters. The van der Waals surface area contributed by atoms with Crippen LogP contribution in [-0.4, -0.2) is 36.0 Å². The molecule has 1 heterocycles. The molecular weight excluding hydrogens is 168 g/mol. The second kappa shape index (κ2) is 4.16. The highest BCUT2D eigenvalue weighted by atomic mass is 16.2. The maximum Gasteiger partial charge on any atom is 0.267 e. The maximum atomic E-state index is 11.4. The van der Waals surface area contributed by atoms with E-state index in [0.29, 0.717) is 13.0 Å². The van der Waals surface area contributed by atoms with Crippen molar-refractivity contribution in [1.82, 2.24) is 4.90 Å². The van der Waals surface area contributed by atoms with Crippen molar-refractivity contribution in [3.05, 3.63) is 0 Å². The molecule has 0 aliphatic carbocycles. The largest absolute Gasteiger partial charge is 0.331 e. The van der Waals surface area contributed by atoms with Gasteiger partial charge in [-0.3, -0.25) is 9.59 Å². The molecule has 1 aliphatic heterocycles. The van der Waals surface area contributed by atoms with Crippen LogP contribution in [0.25, 0.3) is 0 Å². The predicted molar refractivity (Wildman–Crippen MR) is 49.6 cm³/mol. The lowest BCUT2D eigenvalue weighted by Crippen LogP contribution is -2.39. The van der Waals surface area contributed by atoms with Gasteiger partial charge in [0.25, 0.3) is 5.91 Å². The zero-order valence-electron chi connectivity index (χ0n) is 7.82. The van der Waals surface area contributed by atoms with E-state index in [2.05, 4.69) is 11.7 Å². The number of rotatable bonds is 2. The van der Waals surface area contributed by atoms with E-state index >= 15 is 0 Å². The maximum absolute atomic E-state index is 11.4. The lowest BCUT2D eigenvalue weighted by molar-refractivity contribution is -0.136. The number of hydrogen-bond donors (Lipinski definition) is 0. The predicted octanol–water partition coefficient (Wildman–Crippen LogP) is 0.615. The van der Waals surface area contributed by atoms with Gasteiger partial charge in [0, 0.05) is 13.0 Å². The second-order valence-corrected chi connectivity index (χ2v) is 3.10. The molecule has 0 bridgehead atoms. The zero-order chi connectivity index (χ0) is 9.84. The van der Waals surface area contributed by atoms with Gasteiger partial charge in [-0.1, -0.05) is 6.92 Å². The van der Waals surface area contributed by atoms with Crippen molar-refractivity contribution in [3.63, 3.8) is 0 Å². The first kappa shape index (κ1) is 9.89. The fraction of sp³-hybridized carbons (Fsp3) is 0.667. The number of hydrogen-bond acceptors (Lipinski definition) is 2. The van der Waals surface area contributed by atoms with Crippen molar-refractivity contribution in [2.45, 2.75) is 32.2 Å². The van der Waals surface area contributed by atoms with Crippen molar-refractivity contribution in [1.29, 1.82) is 0 Å². The van der Waals surface area contributed by atoms with Crippen molar-refractivity contribution < 1.29 is 9.59 Å². The van der Waals surface area contributed by atoms with Crippen LogP contribution in [0.2, 0.25) is 0 Å². The Morgan fingerprint density at radius 1 is 1.62 bits per heavy atom. The first-order chi connectivity index (χ1) is 6.20. The first-order valence-corrected chi connectivity index (χ1v) is 4.50. The summed E-state index contributed by atoms with van der Waals surface area (Å²) in [6, 6.07) is -0.343. The fourth-order valence-corrected chi connectivity index (χ4v) is 1.63. The quantitative estimate of drug-likeness (QED) is 0.588. The Hall–Kier alpha value is -1.19. The van der Waals surface area contributed by atoms with Crippen molar-refractivity contribution >= 4 is 18.5 Å². The topological polar surface area (TPSA) is 49.7 Å². The summed E-state index contributed by atoms with van der Waals surface area (Å²) in [6.45, 7) is 5.66. The van der Waals surface area contributed by atoms with Crippen LogP contribution < -0.4 is 0 Å². The van der Waals surface area contributed by atoms with E-state index < -0.39 is 0 Å². The Morgan fingerprint density at radius 3 is 2.85 bits per heavy atom. The summed E-state index contributed by atoms with van der Waals surface area (Å²) >= 11 is 0. The van der Waals surface area contributed by atoms with Crippen LogP contribution in [-0.2, 0) is 9.59 Å². The minimum absolute atomic E-state index is 0.0273. The van der Waals surface area contributed by atoms with E-state index in [1.54, 1.807) is 11.8 Å². The van der Waals surface area contributed by atoms with Gasteiger partial charge in [0.1, 0.15) is 6.04 Å². The number of carbonyl (C=O) groups is 2. The molecule has 0 N–H and O–H groups in total. The van der Waals surface area contributed by atoms with E-state index in [-0.39, 0.29) is 17.9 Å². The molecule has 2 amide bonds. The van der Waals surface area contributed by atoms with Gasteiger partial charge < -0.3 is 4.90 Å². The summed E-state index contributed by atoms with van der Waals surface area (Å²) in [5.74, 6) is -0.251. The van der Waals surface area contributed by atoms with E-state index in [0.717, 1.165) is 12.8 Å². The molecule has 1 aliphatic rings. The molecule has 0 radical (unpaired) electrons. The summed E-state index contributed by atoms with van der Waals surface area (Å²) in [4.78, 5) is 27.5. The summed E-state index contributed by atoms with van der Waals surface area (Å²) < 4.78 is 0. The van der Waals surface area contributed by atoms with Crippen LogP contribution in [0.15, 0.2) is 4.99 Å². The molecule has 1 saturated heterocycles. The highest BCUT2D eigenvalue weighted by molar-refractivity contribution is 5.90. The summed E-state index contributed by atoms with van der Waals surface area (Å²) in [5.41, 5.74) is 0. The SMILES string of the molecule is C=NC(=O)[C@@H]1CCCN1C(=O)CC. The summed E-state index contributed by atoms with van der Waals surface area (Å²) in [5, 5.41) is 0. The van der Waals surface area contributed by atoms with Gasteiger partial charge in [0.15, 0.2) is 0 Å². The smallest absolute Gasteiger partial charge is 0.267 e. The molecule has 0 aromatic heterocycles. The van der Waals surface area contributed by atoms with Gasteiger partial charge in [-0.2, -0.15) is 0 Å². The third-order valence-corrected chi connectivity index (χ3v) is 2.32. The third-order valence-electron chi connectivity index (χ3n) is 2.32. The van der Waals surface area contributed by atoms with Gasteiger partial charge in [-0.25, -0.2) is 4.99 Å². The lowest BCUT2D eigenvalue weighted by atomic mass is 10.2. The van der Waals surface area contributed by atoms with Crippen molar-refractivity contribution in [2.75, 3.05) is 6.54 Å². The van der Waals surface area contributed by atoms with Crippen LogP contribution in [0.1, 0.15) is 26.2 Å². The monoisotopic (exact) mass is 182 g/mol. The fourth-order valence-electron chi connectivity index (χ4n) is 1.63. The van der Waals surface area contributed by atoms with Gasteiger partial charge in [-0.15, -0.1) is 0 Å². The molecule has 4 nitrogen and oxygen atoms in total. The van der Waals surface area contributed by atoms with Crippen molar-refractivity contribution in [2.24, 2.45) is 4.99 Å². The molecule has 1 rings (SSSR count). The number of likely N-dealkylation sites (tertiary alicyclic amines) is 1. The first-order valence-electron chi connectivity index (χ1n) is 4.50. The van der Waals surface area contributed by atoms with Gasteiger partial charge in [-0.05, 0) is 19.6 Å². The molecule has 0 saturated carbocycles. The zero-order valence-corrected chi connectivity index (χ0v) is 7.82. The van der Waals surface area contributed by atoms with Gasteiger partial charge in [0.2, 0.25) is 5.91 Å². The summed E-state index contributed by atoms with van der Waals surface area (Å²) in [7, 11) is 0. The van der Waals surface area contributed by atoms with Crippen molar-refractivity contribution in [3.8, 4) is 0 Å². The van der Waals surface area contributed by atoms with E-state index in [4.69, 9.17) is 0 Å². The second-order valence-electron chi connectivity index (χ2n) is 3.10. The molecule has 1 fully saturated rings. The van der Waals surface area contributed by atoms with Gasteiger partial charge in [0.05, 0.1) is 0 Å². The Kier molecular flexibility index (Phi) is 3.17. The number of amides is 2. The molecule has 0 aromatic rings. The molecular formula is C9H14N2O2. The van der Waals surface area contributed by atoms with E-state index in [9.17, 15) is 9.59 Å². The summed E-state index contributed by atoms with van der Waals surface area (Å²) in [6.07, 6.45) is 2.06. The number of aliphatic imine (C=N–C) groups is 1. The molecule has 0 aromatic carbocycles. The lowest BCUT2D eigenvalue weighted by Gasteiger charge is -2.21. The molecule has 0 unspecified atom stereocenters. The average molecular weight is 182 g/mol. The van der Waals surface area contributed by atoms with Crippen LogP contribution in [0.3, 0.4) is 0 Å². The number of nitrogens with zero attached hydrogens (tertiary/aromatic N) is 2. The Balaban J connectivity index is 2.68. The Labute approximate surface area is 77.6 Å². The van der Waals surface area contributed by atoms with Crippen LogP contribution in [0.5, 0.6) is 0 Å².